The molecule has 0 amide bonds. The van der Waals surface area contributed by atoms with Gasteiger partial charge in [-0.3, -0.25) is 0 Å². The molecular weight excluding hydrogens is 230 g/mol. The first-order valence-corrected chi connectivity index (χ1v) is 8.41. The van der Waals surface area contributed by atoms with Crippen molar-refractivity contribution in [2.75, 3.05) is 6.54 Å². The van der Waals surface area contributed by atoms with Crippen molar-refractivity contribution in [3.05, 3.63) is 11.6 Å². The number of allylic oxidation sites excluding steroid dienone is 1. The summed E-state index contributed by atoms with van der Waals surface area (Å²) in [5, 5.41) is 3.70. The van der Waals surface area contributed by atoms with E-state index in [0.29, 0.717) is 0 Å². The first-order valence-electron chi connectivity index (χ1n) is 8.41. The molecule has 0 aromatic carbocycles. The van der Waals surface area contributed by atoms with Crippen LogP contribution in [0.4, 0.5) is 0 Å². The summed E-state index contributed by atoms with van der Waals surface area (Å²) in [4.78, 5) is 0. The van der Waals surface area contributed by atoms with E-state index in [0.717, 1.165) is 18.4 Å². The molecule has 1 fully saturated rings. The smallest absolute Gasteiger partial charge is 0.0172 e. The maximum absolute atomic E-state index is 3.70. The molecular formula is C18H35N. The van der Waals surface area contributed by atoms with E-state index in [-0.39, 0.29) is 5.54 Å². The monoisotopic (exact) mass is 265 g/mol. The summed E-state index contributed by atoms with van der Waals surface area (Å²) in [6.45, 7) is 12.5. The normalized spacial score (nSPS) is 19.2. The van der Waals surface area contributed by atoms with E-state index in [9.17, 15) is 0 Å². The molecule has 1 N–H and O–H groups in total. The summed E-state index contributed by atoms with van der Waals surface area (Å²) in [5.41, 5.74) is 1.92. The second-order valence-corrected chi connectivity index (χ2v) is 7.26. The molecule has 0 radical (unpaired) electrons. The molecule has 0 aromatic heterocycles. The predicted molar refractivity (Wildman–Crippen MR) is 86.5 cm³/mol. The van der Waals surface area contributed by atoms with E-state index >= 15 is 0 Å². The third kappa shape index (κ3) is 6.61. The van der Waals surface area contributed by atoms with E-state index in [1.54, 1.807) is 5.57 Å². The topological polar surface area (TPSA) is 12.0 Å². The van der Waals surface area contributed by atoms with Crippen molar-refractivity contribution < 1.29 is 0 Å². The largest absolute Gasteiger partial charge is 0.308 e. The number of hydrogen-bond donors (Lipinski definition) is 1. The zero-order valence-electron chi connectivity index (χ0n) is 13.9. The minimum atomic E-state index is 0.224. The lowest BCUT2D eigenvalue weighted by Crippen LogP contribution is -2.38. The van der Waals surface area contributed by atoms with Crippen LogP contribution in [-0.4, -0.2) is 12.1 Å². The third-order valence-electron chi connectivity index (χ3n) is 4.45. The highest BCUT2D eigenvalue weighted by atomic mass is 14.9. The number of hydrogen-bond acceptors (Lipinski definition) is 1. The number of rotatable bonds is 6. The molecule has 0 bridgehead atoms. The van der Waals surface area contributed by atoms with Crippen LogP contribution in [0, 0.1) is 11.8 Å². The van der Waals surface area contributed by atoms with Gasteiger partial charge in [0.2, 0.25) is 0 Å². The average molecular weight is 265 g/mol. The summed E-state index contributed by atoms with van der Waals surface area (Å²) in [6.07, 6.45) is 12.3. The van der Waals surface area contributed by atoms with Crippen LogP contribution in [0.1, 0.15) is 79.6 Å². The molecule has 0 heterocycles. The summed E-state index contributed by atoms with van der Waals surface area (Å²) in [6, 6.07) is 0. The Balaban J connectivity index is 2.71. The van der Waals surface area contributed by atoms with Crippen LogP contribution in [0.5, 0.6) is 0 Å². The Morgan fingerprint density at radius 3 is 2.16 bits per heavy atom. The molecule has 0 spiro atoms. The predicted octanol–water partition coefficient (Wildman–Crippen LogP) is 5.32. The highest BCUT2D eigenvalue weighted by molar-refractivity contribution is 5.12. The van der Waals surface area contributed by atoms with Gasteiger partial charge in [0, 0.05) is 12.1 Å². The Morgan fingerprint density at radius 2 is 1.68 bits per heavy atom. The molecule has 0 unspecified atom stereocenters. The summed E-state index contributed by atoms with van der Waals surface area (Å²) < 4.78 is 0. The van der Waals surface area contributed by atoms with Crippen LogP contribution < -0.4 is 5.32 Å². The molecule has 1 aliphatic rings. The summed E-state index contributed by atoms with van der Waals surface area (Å²) >= 11 is 0. The molecule has 0 atom stereocenters. The molecule has 0 aromatic rings. The quantitative estimate of drug-likeness (QED) is 0.641. The minimum absolute atomic E-state index is 0.224. The Morgan fingerprint density at radius 1 is 1.11 bits per heavy atom. The van der Waals surface area contributed by atoms with Gasteiger partial charge in [-0.05, 0) is 58.3 Å². The van der Waals surface area contributed by atoms with E-state index < -0.39 is 0 Å². The first-order chi connectivity index (χ1) is 8.96. The van der Waals surface area contributed by atoms with Gasteiger partial charge in [-0.1, -0.05) is 44.8 Å². The lowest BCUT2D eigenvalue weighted by atomic mass is 9.81. The SMILES string of the molecule is CCC(C=C(CNC(C)(C)C)C1CCCCC1)CC. The Bertz CT molecular complexity index is 262. The molecule has 1 nitrogen and oxygen atoms in total. The van der Waals surface area contributed by atoms with E-state index in [1.165, 1.54) is 44.9 Å². The molecule has 1 saturated carbocycles. The van der Waals surface area contributed by atoms with Crippen LogP contribution in [0.2, 0.25) is 0 Å². The van der Waals surface area contributed by atoms with Crippen molar-refractivity contribution in [1.29, 1.82) is 0 Å². The fourth-order valence-electron chi connectivity index (χ4n) is 3.01. The van der Waals surface area contributed by atoms with Gasteiger partial charge >= 0.3 is 0 Å². The Hall–Kier alpha value is -0.300. The first kappa shape index (κ1) is 16.8. The van der Waals surface area contributed by atoms with Gasteiger partial charge in [0.15, 0.2) is 0 Å². The molecule has 1 heteroatoms. The maximum atomic E-state index is 3.70. The lowest BCUT2D eigenvalue weighted by Gasteiger charge is -2.29. The van der Waals surface area contributed by atoms with Crippen LogP contribution in [0.15, 0.2) is 11.6 Å². The third-order valence-corrected chi connectivity index (χ3v) is 4.45. The Labute approximate surface area is 121 Å². The maximum Gasteiger partial charge on any atom is 0.0172 e. The fraction of sp³-hybridized carbons (Fsp3) is 0.889. The zero-order valence-corrected chi connectivity index (χ0v) is 13.9. The molecule has 19 heavy (non-hydrogen) atoms. The highest BCUT2D eigenvalue weighted by Crippen LogP contribution is 2.31. The van der Waals surface area contributed by atoms with Crippen LogP contribution in [0.25, 0.3) is 0 Å². The van der Waals surface area contributed by atoms with Crippen LogP contribution in [-0.2, 0) is 0 Å². The van der Waals surface area contributed by atoms with Crippen LogP contribution in [0.3, 0.4) is 0 Å². The van der Waals surface area contributed by atoms with Gasteiger partial charge in [-0.15, -0.1) is 0 Å². The lowest BCUT2D eigenvalue weighted by molar-refractivity contribution is 0.373. The van der Waals surface area contributed by atoms with Crippen molar-refractivity contribution in [1.82, 2.24) is 5.32 Å². The van der Waals surface area contributed by atoms with Crippen molar-refractivity contribution in [3.8, 4) is 0 Å². The highest BCUT2D eigenvalue weighted by Gasteiger charge is 2.20. The second kappa shape index (κ2) is 8.09. The van der Waals surface area contributed by atoms with Crippen molar-refractivity contribution >= 4 is 0 Å². The van der Waals surface area contributed by atoms with Gasteiger partial charge in [-0.2, -0.15) is 0 Å². The molecule has 0 saturated heterocycles. The molecule has 1 rings (SSSR count). The second-order valence-electron chi connectivity index (χ2n) is 7.26. The van der Waals surface area contributed by atoms with Gasteiger partial charge in [0.25, 0.3) is 0 Å². The van der Waals surface area contributed by atoms with Gasteiger partial charge in [0.1, 0.15) is 0 Å². The van der Waals surface area contributed by atoms with E-state index in [1.807, 2.05) is 0 Å². The van der Waals surface area contributed by atoms with Gasteiger partial charge in [0.05, 0.1) is 0 Å². The summed E-state index contributed by atoms with van der Waals surface area (Å²) in [7, 11) is 0. The number of nitrogens with one attached hydrogen (secondary N) is 1. The zero-order chi connectivity index (χ0) is 14.3. The van der Waals surface area contributed by atoms with E-state index in [4.69, 9.17) is 0 Å². The average Bonchev–Trinajstić information content (AvgIpc) is 2.39. The standard InChI is InChI=1S/C18H35N/c1-6-15(7-2)13-17(14-19-18(3,4)5)16-11-9-8-10-12-16/h13,15-16,19H,6-12,14H2,1-5H3. The van der Waals surface area contributed by atoms with Gasteiger partial charge < -0.3 is 5.32 Å². The minimum Gasteiger partial charge on any atom is -0.308 e. The molecule has 0 aliphatic heterocycles. The van der Waals surface area contributed by atoms with Gasteiger partial charge in [-0.25, -0.2) is 0 Å². The summed E-state index contributed by atoms with van der Waals surface area (Å²) in [5.74, 6) is 1.63. The van der Waals surface area contributed by atoms with Crippen molar-refractivity contribution in [2.45, 2.75) is 85.1 Å². The van der Waals surface area contributed by atoms with Crippen LogP contribution >= 0.6 is 0 Å². The fourth-order valence-corrected chi connectivity index (χ4v) is 3.01. The molecule has 1 aliphatic carbocycles. The molecule has 112 valence electrons. The van der Waals surface area contributed by atoms with Crippen molar-refractivity contribution in [2.24, 2.45) is 11.8 Å². The van der Waals surface area contributed by atoms with Crippen molar-refractivity contribution in [3.63, 3.8) is 0 Å². The Kier molecular flexibility index (Phi) is 7.13. The van der Waals surface area contributed by atoms with E-state index in [2.05, 4.69) is 46.0 Å².